The first-order valence-electron chi connectivity index (χ1n) is 8.11. The molecule has 1 N–H and O–H groups in total. The van der Waals surface area contributed by atoms with Gasteiger partial charge in [-0.3, -0.25) is 0 Å². The summed E-state index contributed by atoms with van der Waals surface area (Å²) in [7, 11) is 3.19. The summed E-state index contributed by atoms with van der Waals surface area (Å²) in [5, 5.41) is 11.5. The van der Waals surface area contributed by atoms with Gasteiger partial charge in [0.2, 0.25) is 11.8 Å². The fourth-order valence-electron chi connectivity index (χ4n) is 2.45. The predicted molar refractivity (Wildman–Crippen MR) is 96.0 cm³/mol. The third-order valence-corrected chi connectivity index (χ3v) is 3.90. The summed E-state index contributed by atoms with van der Waals surface area (Å²) in [6.45, 7) is 2.60. The zero-order valence-corrected chi connectivity index (χ0v) is 14.6. The second kappa shape index (κ2) is 7.70. The van der Waals surface area contributed by atoms with Gasteiger partial charge < -0.3 is 19.2 Å². The first kappa shape index (κ1) is 16.8. The van der Waals surface area contributed by atoms with Gasteiger partial charge >= 0.3 is 0 Å². The van der Waals surface area contributed by atoms with Crippen molar-refractivity contribution in [2.75, 3.05) is 19.5 Å². The van der Waals surface area contributed by atoms with E-state index in [0.717, 1.165) is 17.7 Å². The van der Waals surface area contributed by atoms with E-state index in [-0.39, 0.29) is 0 Å². The van der Waals surface area contributed by atoms with Crippen molar-refractivity contribution < 1.29 is 13.9 Å². The molecule has 0 aliphatic rings. The number of benzene rings is 2. The van der Waals surface area contributed by atoms with E-state index in [9.17, 15) is 0 Å². The SMILES string of the molecule is CCc1ccc(NCc2nnc(-c3ccc(OC)c(OC)c3)o2)cc1. The van der Waals surface area contributed by atoms with E-state index in [2.05, 4.69) is 34.6 Å². The van der Waals surface area contributed by atoms with Gasteiger partial charge in [0.1, 0.15) is 0 Å². The Kier molecular flexibility index (Phi) is 5.18. The highest BCUT2D eigenvalue weighted by Gasteiger charge is 2.12. The lowest BCUT2D eigenvalue weighted by molar-refractivity contribution is 0.355. The van der Waals surface area contributed by atoms with Crippen LogP contribution in [0.15, 0.2) is 46.9 Å². The summed E-state index contributed by atoms with van der Waals surface area (Å²) >= 11 is 0. The van der Waals surface area contributed by atoms with E-state index in [0.29, 0.717) is 29.8 Å². The number of aromatic nitrogens is 2. The highest BCUT2D eigenvalue weighted by Crippen LogP contribution is 2.31. The number of aryl methyl sites for hydroxylation is 1. The lowest BCUT2D eigenvalue weighted by Crippen LogP contribution is -1.99. The Bertz CT molecular complexity index is 828. The molecular formula is C19H21N3O3. The number of anilines is 1. The normalized spacial score (nSPS) is 10.5. The van der Waals surface area contributed by atoms with Crippen molar-refractivity contribution in [3.8, 4) is 23.0 Å². The van der Waals surface area contributed by atoms with Crippen LogP contribution in [0.2, 0.25) is 0 Å². The minimum Gasteiger partial charge on any atom is -0.493 e. The van der Waals surface area contributed by atoms with Crippen LogP contribution in [0.1, 0.15) is 18.4 Å². The van der Waals surface area contributed by atoms with Gasteiger partial charge in [0.05, 0.1) is 20.8 Å². The van der Waals surface area contributed by atoms with Crippen molar-refractivity contribution >= 4 is 5.69 Å². The van der Waals surface area contributed by atoms with Gasteiger partial charge in [-0.2, -0.15) is 0 Å². The molecule has 2 aromatic carbocycles. The van der Waals surface area contributed by atoms with E-state index in [4.69, 9.17) is 13.9 Å². The molecule has 0 amide bonds. The highest BCUT2D eigenvalue weighted by atomic mass is 16.5. The molecule has 0 unspecified atom stereocenters. The molecule has 0 aliphatic carbocycles. The van der Waals surface area contributed by atoms with Crippen LogP contribution in [0.4, 0.5) is 5.69 Å². The van der Waals surface area contributed by atoms with Gasteiger partial charge in [-0.05, 0) is 42.3 Å². The van der Waals surface area contributed by atoms with Crippen molar-refractivity contribution in [3.05, 3.63) is 53.9 Å². The lowest BCUT2D eigenvalue weighted by atomic mass is 10.1. The van der Waals surface area contributed by atoms with Crippen molar-refractivity contribution in [3.63, 3.8) is 0 Å². The molecule has 6 nitrogen and oxygen atoms in total. The van der Waals surface area contributed by atoms with E-state index in [1.807, 2.05) is 30.3 Å². The van der Waals surface area contributed by atoms with Gasteiger partial charge in [-0.25, -0.2) is 0 Å². The molecule has 1 aromatic heterocycles. The molecule has 0 fully saturated rings. The second-order valence-corrected chi connectivity index (χ2v) is 5.47. The summed E-state index contributed by atoms with van der Waals surface area (Å²) in [6.07, 6.45) is 1.03. The maximum absolute atomic E-state index is 5.73. The molecular weight excluding hydrogens is 318 g/mol. The minimum atomic E-state index is 0.444. The maximum Gasteiger partial charge on any atom is 0.247 e. The summed E-state index contributed by atoms with van der Waals surface area (Å²) < 4.78 is 16.3. The summed E-state index contributed by atoms with van der Waals surface area (Å²) in [4.78, 5) is 0. The smallest absolute Gasteiger partial charge is 0.247 e. The Morgan fingerprint density at radius 3 is 2.40 bits per heavy atom. The molecule has 0 radical (unpaired) electrons. The topological polar surface area (TPSA) is 69.4 Å². The van der Waals surface area contributed by atoms with Crippen molar-refractivity contribution in [1.82, 2.24) is 10.2 Å². The Labute approximate surface area is 146 Å². The highest BCUT2D eigenvalue weighted by molar-refractivity contribution is 5.59. The summed E-state index contributed by atoms with van der Waals surface area (Å²) in [5.41, 5.74) is 3.10. The Morgan fingerprint density at radius 1 is 0.960 bits per heavy atom. The molecule has 3 aromatic rings. The fraction of sp³-hybridized carbons (Fsp3) is 0.263. The number of nitrogens with zero attached hydrogens (tertiary/aromatic N) is 2. The van der Waals surface area contributed by atoms with Gasteiger partial charge in [0, 0.05) is 11.3 Å². The number of ether oxygens (including phenoxy) is 2. The van der Waals surface area contributed by atoms with Crippen LogP contribution in [-0.4, -0.2) is 24.4 Å². The predicted octanol–water partition coefficient (Wildman–Crippen LogP) is 3.93. The molecule has 6 heteroatoms. The van der Waals surface area contributed by atoms with Crippen molar-refractivity contribution in [1.29, 1.82) is 0 Å². The average molecular weight is 339 g/mol. The third kappa shape index (κ3) is 3.91. The maximum atomic E-state index is 5.73. The molecule has 0 spiro atoms. The molecule has 0 saturated carbocycles. The van der Waals surface area contributed by atoms with E-state index < -0.39 is 0 Å². The minimum absolute atomic E-state index is 0.444. The monoisotopic (exact) mass is 339 g/mol. The first-order chi connectivity index (χ1) is 12.2. The Balaban J connectivity index is 1.69. The number of nitrogens with one attached hydrogen (secondary N) is 1. The molecule has 130 valence electrons. The Hall–Kier alpha value is -3.02. The van der Waals surface area contributed by atoms with Crippen LogP contribution >= 0.6 is 0 Å². The van der Waals surface area contributed by atoms with Crippen LogP contribution < -0.4 is 14.8 Å². The van der Waals surface area contributed by atoms with E-state index >= 15 is 0 Å². The van der Waals surface area contributed by atoms with Gasteiger partial charge in [0.25, 0.3) is 0 Å². The second-order valence-electron chi connectivity index (χ2n) is 5.47. The van der Waals surface area contributed by atoms with Crippen LogP contribution in [0, 0.1) is 0 Å². The van der Waals surface area contributed by atoms with Gasteiger partial charge in [0.15, 0.2) is 11.5 Å². The van der Waals surface area contributed by atoms with Gasteiger partial charge in [-0.15, -0.1) is 10.2 Å². The van der Waals surface area contributed by atoms with Gasteiger partial charge in [-0.1, -0.05) is 19.1 Å². The summed E-state index contributed by atoms with van der Waals surface area (Å²) in [6, 6.07) is 13.8. The van der Waals surface area contributed by atoms with Crippen LogP contribution in [0.3, 0.4) is 0 Å². The Morgan fingerprint density at radius 2 is 1.72 bits per heavy atom. The molecule has 0 aliphatic heterocycles. The van der Waals surface area contributed by atoms with E-state index in [1.54, 1.807) is 14.2 Å². The molecule has 3 rings (SSSR count). The van der Waals surface area contributed by atoms with Crippen molar-refractivity contribution in [2.45, 2.75) is 19.9 Å². The quantitative estimate of drug-likeness (QED) is 0.703. The zero-order valence-electron chi connectivity index (χ0n) is 14.6. The van der Waals surface area contributed by atoms with Crippen LogP contribution in [-0.2, 0) is 13.0 Å². The molecule has 0 bridgehead atoms. The molecule has 0 saturated heterocycles. The van der Waals surface area contributed by atoms with Crippen LogP contribution in [0.5, 0.6) is 11.5 Å². The molecule has 25 heavy (non-hydrogen) atoms. The zero-order chi connectivity index (χ0) is 17.6. The standard InChI is InChI=1S/C19H21N3O3/c1-4-13-5-8-15(9-6-13)20-12-18-21-22-19(25-18)14-7-10-16(23-2)17(11-14)24-3/h5-11,20H,4,12H2,1-3H3. The number of methoxy groups -OCH3 is 2. The van der Waals surface area contributed by atoms with Crippen molar-refractivity contribution in [2.24, 2.45) is 0 Å². The number of hydrogen-bond acceptors (Lipinski definition) is 6. The fourth-order valence-corrected chi connectivity index (χ4v) is 2.45. The molecule has 1 heterocycles. The lowest BCUT2D eigenvalue weighted by Gasteiger charge is -2.07. The largest absolute Gasteiger partial charge is 0.493 e. The van der Waals surface area contributed by atoms with E-state index in [1.165, 1.54) is 5.56 Å². The number of rotatable bonds is 7. The average Bonchev–Trinajstić information content (AvgIpc) is 3.15. The summed E-state index contributed by atoms with van der Waals surface area (Å²) in [5.74, 6) is 2.24. The van der Waals surface area contributed by atoms with Crippen LogP contribution in [0.25, 0.3) is 11.5 Å². The third-order valence-electron chi connectivity index (χ3n) is 3.90. The molecule has 0 atom stereocenters. The first-order valence-corrected chi connectivity index (χ1v) is 8.11. The number of hydrogen-bond donors (Lipinski definition) is 1.